The van der Waals surface area contributed by atoms with Gasteiger partial charge in [-0.05, 0) is 0 Å². The normalized spacial score (nSPS) is 28.3. The first-order valence-corrected chi connectivity index (χ1v) is 22.1. The fourth-order valence-electron chi connectivity index (χ4n) is 4.90. The zero-order valence-corrected chi connectivity index (χ0v) is 21.1. The second-order valence-electron chi connectivity index (χ2n) is 7.85. The molecule has 0 heterocycles. The van der Waals surface area contributed by atoms with Gasteiger partial charge in [0.2, 0.25) is 0 Å². The monoisotopic (exact) mass is 562 g/mol. The number of carbonyl (C=O) groups is 1. The topological polar surface area (TPSA) is 29.1 Å². The third kappa shape index (κ3) is 4.17. The van der Waals surface area contributed by atoms with Gasteiger partial charge in [0.1, 0.15) is 0 Å². The summed E-state index contributed by atoms with van der Waals surface area (Å²) < 4.78 is 4.30. The van der Waals surface area contributed by atoms with Gasteiger partial charge in [-0.15, -0.1) is 0 Å². The SMILES string of the molecule is C[SiH](C)[Hf+2]([NH]C(=O)C1CC2CCC1C2)[CH]1C=Cc2ccccc21.[Cl-].[Cl-]. The molecule has 3 aliphatic rings. The van der Waals surface area contributed by atoms with E-state index in [0.717, 1.165) is 5.92 Å². The van der Waals surface area contributed by atoms with Gasteiger partial charge in [-0.3, -0.25) is 0 Å². The van der Waals surface area contributed by atoms with Gasteiger partial charge in [0, 0.05) is 0 Å². The van der Waals surface area contributed by atoms with Crippen molar-refractivity contribution in [2.24, 2.45) is 17.8 Å². The minimum absolute atomic E-state index is 0. The van der Waals surface area contributed by atoms with E-state index in [1.54, 1.807) is 0 Å². The molecule has 1 N–H and O–H groups in total. The molecule has 1 aromatic carbocycles. The van der Waals surface area contributed by atoms with Gasteiger partial charge >= 0.3 is 149 Å². The summed E-state index contributed by atoms with van der Waals surface area (Å²) in [5.41, 5.74) is 2.87. The van der Waals surface area contributed by atoms with E-state index in [2.05, 4.69) is 52.8 Å². The molecule has 3 aliphatic carbocycles. The van der Waals surface area contributed by atoms with E-state index in [4.69, 9.17) is 0 Å². The first-order chi connectivity index (χ1) is 11.1. The Labute approximate surface area is 172 Å². The Balaban J connectivity index is 0.00000113. The van der Waals surface area contributed by atoms with E-state index in [1.807, 2.05) is 0 Å². The van der Waals surface area contributed by atoms with Crippen molar-refractivity contribution in [1.82, 2.24) is 3.30 Å². The summed E-state index contributed by atoms with van der Waals surface area (Å²) in [6.45, 7) is 4.91. The quantitative estimate of drug-likeness (QED) is 0.417. The van der Waals surface area contributed by atoms with Crippen LogP contribution in [-0.4, -0.2) is 11.9 Å². The van der Waals surface area contributed by atoms with E-state index >= 15 is 0 Å². The maximum absolute atomic E-state index is 13.0. The second kappa shape index (κ2) is 8.86. The molecule has 0 saturated heterocycles. The van der Waals surface area contributed by atoms with Gasteiger partial charge in [0.05, 0.1) is 0 Å². The molecular weight excluding hydrogens is 536 g/mol. The van der Waals surface area contributed by atoms with Crippen LogP contribution in [0.4, 0.5) is 0 Å². The summed E-state index contributed by atoms with van der Waals surface area (Å²) in [5, 5.41) is 0. The standard InChI is InChI=1S/C9H7.C8H13NO.C2H7Si.2ClH.Hf/c1-2-5-9-7-3-6-8(9)4-1;9-8(10)7-4-5-1-2-6(7)3-5;1-3-2;;;/h1-7H;5-7H,1-4H2,(H2,9,10);3H,1-2H3;2*1H;/q;;;;;+3/p-3. The van der Waals surface area contributed by atoms with E-state index in [0.29, 0.717) is 21.4 Å². The van der Waals surface area contributed by atoms with Crippen LogP contribution in [0.3, 0.4) is 0 Å². The Morgan fingerprint density at radius 2 is 1.92 bits per heavy atom. The number of hydrogen-bond donors (Lipinski definition) is 1. The molecule has 0 radical (unpaired) electrons. The molecule has 25 heavy (non-hydrogen) atoms. The predicted molar refractivity (Wildman–Crippen MR) is 94.2 cm³/mol. The molecule has 6 heteroatoms. The summed E-state index contributed by atoms with van der Waals surface area (Å²) in [6, 6.07) is 8.78. The van der Waals surface area contributed by atoms with Crippen LogP contribution >= 0.6 is 0 Å². The molecule has 2 saturated carbocycles. The fourth-order valence-corrected chi connectivity index (χ4v) is 25.8. The number of hydrogen-bond acceptors (Lipinski definition) is 1. The number of nitrogens with one attached hydrogen (secondary N) is 1. The second-order valence-corrected chi connectivity index (χ2v) is 34.1. The Morgan fingerprint density at radius 1 is 1.16 bits per heavy atom. The summed E-state index contributed by atoms with van der Waals surface area (Å²) in [6.07, 6.45) is 9.86. The van der Waals surface area contributed by atoms with Crippen LogP contribution in [0.5, 0.6) is 0 Å². The van der Waals surface area contributed by atoms with Crippen molar-refractivity contribution < 1.29 is 50.5 Å². The number of benzene rings is 1. The van der Waals surface area contributed by atoms with Crippen LogP contribution in [-0.2, 0) is 25.7 Å². The molecular formula is C19H26Cl2HfNOSi. The van der Waals surface area contributed by atoms with Crippen molar-refractivity contribution in [2.75, 3.05) is 0 Å². The van der Waals surface area contributed by atoms with Crippen LogP contribution < -0.4 is 28.1 Å². The van der Waals surface area contributed by atoms with Crippen molar-refractivity contribution in [3.05, 3.63) is 41.5 Å². The summed E-state index contributed by atoms with van der Waals surface area (Å²) in [5.74, 6) is 1.56. The van der Waals surface area contributed by atoms with Crippen LogP contribution in [0.25, 0.3) is 6.08 Å². The first kappa shape index (κ1) is 21.4. The van der Waals surface area contributed by atoms with Crippen LogP contribution in [0.15, 0.2) is 30.3 Å². The zero-order valence-electron chi connectivity index (χ0n) is 14.8. The van der Waals surface area contributed by atoms with Crippen LogP contribution in [0.2, 0.25) is 13.1 Å². The number of amides is 1. The molecule has 1 amide bonds. The van der Waals surface area contributed by atoms with Gasteiger partial charge in [-0.2, -0.15) is 0 Å². The Kier molecular flexibility index (Phi) is 7.58. The van der Waals surface area contributed by atoms with Crippen molar-refractivity contribution in [1.29, 1.82) is 0 Å². The summed E-state index contributed by atoms with van der Waals surface area (Å²) >= 11 is -2.14. The number of carbonyl (C=O) groups excluding carboxylic acids is 1. The Bertz CT molecular complexity index is 654. The average Bonchev–Trinajstić information content (AvgIpc) is 3.27. The maximum Gasteiger partial charge on any atom is -1.00 e. The minimum Gasteiger partial charge on any atom is -1.00 e. The molecule has 2 bridgehead atoms. The number of halogens is 2. The Morgan fingerprint density at radius 3 is 2.56 bits per heavy atom. The van der Waals surface area contributed by atoms with Crippen molar-refractivity contribution in [3.8, 4) is 0 Å². The summed E-state index contributed by atoms with van der Waals surface area (Å²) in [4.78, 5) is 13.0. The van der Waals surface area contributed by atoms with Gasteiger partial charge in [-0.25, -0.2) is 0 Å². The molecule has 0 aromatic heterocycles. The van der Waals surface area contributed by atoms with Gasteiger partial charge in [-0.1, -0.05) is 0 Å². The van der Waals surface area contributed by atoms with Crippen molar-refractivity contribution in [2.45, 2.75) is 42.5 Å². The molecule has 4 atom stereocenters. The fraction of sp³-hybridized carbons (Fsp3) is 0.526. The molecule has 2 nitrogen and oxygen atoms in total. The van der Waals surface area contributed by atoms with E-state index in [9.17, 15) is 4.79 Å². The van der Waals surface area contributed by atoms with E-state index < -0.39 is 26.9 Å². The van der Waals surface area contributed by atoms with Crippen molar-refractivity contribution >= 4 is 18.0 Å². The third-order valence-corrected chi connectivity index (χ3v) is 31.0. The van der Waals surface area contributed by atoms with Crippen molar-refractivity contribution in [3.63, 3.8) is 0 Å². The summed E-state index contributed by atoms with van der Waals surface area (Å²) in [7, 11) is 0. The molecule has 2 fully saturated rings. The predicted octanol–water partition coefficient (Wildman–Crippen LogP) is -2.17. The van der Waals surface area contributed by atoms with Gasteiger partial charge < -0.3 is 24.8 Å². The molecule has 0 spiro atoms. The molecule has 4 unspecified atom stereocenters. The molecule has 4 rings (SSSR count). The maximum atomic E-state index is 13.0. The molecule has 135 valence electrons. The van der Waals surface area contributed by atoms with Gasteiger partial charge in [0.15, 0.2) is 0 Å². The minimum atomic E-state index is -2.14. The number of allylic oxidation sites excluding steroid dienone is 1. The van der Waals surface area contributed by atoms with Crippen LogP contribution in [0.1, 0.15) is 40.5 Å². The van der Waals surface area contributed by atoms with E-state index in [1.165, 1.54) is 36.8 Å². The number of rotatable bonds is 4. The zero-order chi connectivity index (χ0) is 16.0. The number of fused-ring (bicyclic) bond motifs is 3. The van der Waals surface area contributed by atoms with Crippen LogP contribution in [0, 0.1) is 17.8 Å². The smallest absolute Gasteiger partial charge is 1.00 e. The largest absolute Gasteiger partial charge is 1.00 e. The van der Waals surface area contributed by atoms with E-state index in [-0.39, 0.29) is 24.8 Å². The molecule has 0 aliphatic heterocycles. The average molecular weight is 562 g/mol. The Hall–Kier alpha value is 0.0970. The van der Waals surface area contributed by atoms with Gasteiger partial charge in [0.25, 0.3) is 0 Å². The first-order valence-electron chi connectivity index (χ1n) is 9.08. The molecule has 1 aromatic rings. The third-order valence-electron chi connectivity index (χ3n) is 6.10.